The molecule has 0 aromatic carbocycles. The molecule has 2 heteroatoms. The van der Waals surface area contributed by atoms with E-state index < -0.39 is 11.0 Å². The molecule has 0 bridgehead atoms. The molecule has 2 aliphatic carbocycles. The second-order valence-corrected chi connectivity index (χ2v) is 4.39. The number of ketones is 1. The van der Waals surface area contributed by atoms with E-state index in [1.54, 1.807) is 13.0 Å². The minimum absolute atomic E-state index is 0.135. The first-order valence-electron chi connectivity index (χ1n) is 4.42. The van der Waals surface area contributed by atoms with Gasteiger partial charge in [0.25, 0.3) is 0 Å². The highest BCUT2D eigenvalue weighted by molar-refractivity contribution is 5.99. The Hall–Kier alpha value is -0.630. The highest BCUT2D eigenvalue weighted by Crippen LogP contribution is 2.58. The molecule has 12 heavy (non-hydrogen) atoms. The maximum atomic E-state index is 11.6. The summed E-state index contributed by atoms with van der Waals surface area (Å²) in [7, 11) is 0. The average molecular weight is 166 g/mol. The summed E-state index contributed by atoms with van der Waals surface area (Å²) in [6, 6.07) is 0. The minimum Gasteiger partial charge on any atom is -0.389 e. The predicted octanol–water partition coefficient (Wildman–Crippen LogP) is 1.44. The van der Waals surface area contributed by atoms with Gasteiger partial charge in [0.1, 0.15) is 0 Å². The van der Waals surface area contributed by atoms with Crippen molar-refractivity contribution in [3.05, 3.63) is 11.6 Å². The Morgan fingerprint density at radius 2 is 2.08 bits per heavy atom. The van der Waals surface area contributed by atoms with Gasteiger partial charge in [-0.05, 0) is 39.2 Å². The standard InChI is InChI=1S/C10H14O2/c1-7-5-8(11)10(3-4-10)9(2,12)6-7/h5,12H,3-4,6H2,1-2H3. The van der Waals surface area contributed by atoms with Crippen LogP contribution in [0.4, 0.5) is 0 Å². The van der Waals surface area contributed by atoms with Crippen LogP contribution in [0.25, 0.3) is 0 Å². The highest BCUT2D eigenvalue weighted by Gasteiger charge is 2.61. The van der Waals surface area contributed by atoms with E-state index in [-0.39, 0.29) is 5.78 Å². The molecular formula is C10H14O2. The number of carbonyl (C=O) groups is 1. The van der Waals surface area contributed by atoms with Crippen LogP contribution in [0.15, 0.2) is 11.6 Å². The third kappa shape index (κ3) is 0.816. The molecule has 1 N–H and O–H groups in total. The van der Waals surface area contributed by atoms with Gasteiger partial charge in [-0.2, -0.15) is 0 Å². The molecule has 2 aliphatic rings. The molecule has 0 heterocycles. The lowest BCUT2D eigenvalue weighted by Gasteiger charge is -2.35. The molecule has 1 spiro atoms. The topological polar surface area (TPSA) is 37.3 Å². The maximum absolute atomic E-state index is 11.6. The maximum Gasteiger partial charge on any atom is 0.164 e. The largest absolute Gasteiger partial charge is 0.389 e. The Bertz CT molecular complexity index is 270. The van der Waals surface area contributed by atoms with Crippen LogP contribution in [-0.2, 0) is 4.79 Å². The molecule has 0 radical (unpaired) electrons. The van der Waals surface area contributed by atoms with Crippen molar-refractivity contribution < 1.29 is 9.90 Å². The molecule has 0 aromatic heterocycles. The van der Waals surface area contributed by atoms with Crippen LogP contribution in [0.2, 0.25) is 0 Å². The van der Waals surface area contributed by atoms with Gasteiger partial charge in [-0.3, -0.25) is 4.79 Å². The fourth-order valence-corrected chi connectivity index (χ4v) is 2.30. The fraction of sp³-hybridized carbons (Fsp3) is 0.700. The van der Waals surface area contributed by atoms with E-state index in [0.29, 0.717) is 6.42 Å². The summed E-state index contributed by atoms with van der Waals surface area (Å²) in [5, 5.41) is 10.0. The summed E-state index contributed by atoms with van der Waals surface area (Å²) in [5.41, 5.74) is -0.183. The molecule has 0 aliphatic heterocycles. The molecule has 2 nitrogen and oxygen atoms in total. The van der Waals surface area contributed by atoms with Crippen LogP contribution in [0.1, 0.15) is 33.1 Å². The van der Waals surface area contributed by atoms with Gasteiger partial charge in [0.05, 0.1) is 11.0 Å². The van der Waals surface area contributed by atoms with Crippen molar-refractivity contribution in [3.8, 4) is 0 Å². The molecule has 1 unspecified atom stereocenters. The average Bonchev–Trinajstić information content (AvgIpc) is 2.60. The lowest BCUT2D eigenvalue weighted by atomic mass is 9.74. The van der Waals surface area contributed by atoms with Gasteiger partial charge >= 0.3 is 0 Å². The summed E-state index contributed by atoms with van der Waals surface area (Å²) in [6.45, 7) is 3.69. The van der Waals surface area contributed by atoms with E-state index in [9.17, 15) is 9.90 Å². The summed E-state index contributed by atoms with van der Waals surface area (Å²) >= 11 is 0. The normalized spacial score (nSPS) is 38.2. The van der Waals surface area contributed by atoms with Crippen molar-refractivity contribution in [1.82, 2.24) is 0 Å². The molecular weight excluding hydrogens is 152 g/mol. The number of carbonyl (C=O) groups excluding carboxylic acids is 1. The van der Waals surface area contributed by atoms with E-state index in [1.165, 1.54) is 0 Å². The van der Waals surface area contributed by atoms with E-state index in [4.69, 9.17) is 0 Å². The Morgan fingerprint density at radius 1 is 1.50 bits per heavy atom. The van der Waals surface area contributed by atoms with Crippen molar-refractivity contribution in [2.45, 2.75) is 38.7 Å². The second-order valence-electron chi connectivity index (χ2n) is 4.39. The van der Waals surface area contributed by atoms with Crippen molar-refractivity contribution in [2.24, 2.45) is 5.41 Å². The summed E-state index contributed by atoms with van der Waals surface area (Å²) < 4.78 is 0. The number of hydrogen-bond donors (Lipinski definition) is 1. The second kappa shape index (κ2) is 1.99. The first-order chi connectivity index (χ1) is 5.48. The SMILES string of the molecule is CC1=CC(=O)C2(CC2)C(C)(O)C1. The first kappa shape index (κ1) is 7.99. The van der Waals surface area contributed by atoms with Crippen LogP contribution in [0, 0.1) is 5.41 Å². The smallest absolute Gasteiger partial charge is 0.164 e. The van der Waals surface area contributed by atoms with Crippen molar-refractivity contribution >= 4 is 5.78 Å². The van der Waals surface area contributed by atoms with Crippen LogP contribution < -0.4 is 0 Å². The molecule has 1 saturated carbocycles. The van der Waals surface area contributed by atoms with Crippen molar-refractivity contribution in [3.63, 3.8) is 0 Å². The van der Waals surface area contributed by atoms with E-state index >= 15 is 0 Å². The Kier molecular flexibility index (Phi) is 1.33. The van der Waals surface area contributed by atoms with Crippen molar-refractivity contribution in [1.29, 1.82) is 0 Å². The van der Waals surface area contributed by atoms with Gasteiger partial charge in [0, 0.05) is 0 Å². The summed E-state index contributed by atoms with van der Waals surface area (Å²) in [6.07, 6.45) is 4.08. The number of hydrogen-bond acceptors (Lipinski definition) is 2. The Morgan fingerprint density at radius 3 is 2.50 bits per heavy atom. The van der Waals surface area contributed by atoms with Gasteiger partial charge in [-0.25, -0.2) is 0 Å². The Labute approximate surface area is 72.3 Å². The van der Waals surface area contributed by atoms with Gasteiger partial charge in [0.15, 0.2) is 5.78 Å². The van der Waals surface area contributed by atoms with Crippen LogP contribution in [0.5, 0.6) is 0 Å². The van der Waals surface area contributed by atoms with E-state index in [2.05, 4.69) is 0 Å². The van der Waals surface area contributed by atoms with Crippen LogP contribution in [-0.4, -0.2) is 16.5 Å². The third-order valence-electron chi connectivity index (χ3n) is 3.25. The first-order valence-corrected chi connectivity index (χ1v) is 4.42. The third-order valence-corrected chi connectivity index (χ3v) is 3.25. The Balaban J connectivity index is 2.41. The zero-order valence-electron chi connectivity index (χ0n) is 7.55. The zero-order valence-corrected chi connectivity index (χ0v) is 7.55. The minimum atomic E-state index is -0.789. The molecule has 0 saturated heterocycles. The zero-order chi connectivity index (χ0) is 8.98. The molecule has 66 valence electrons. The van der Waals surface area contributed by atoms with Crippen LogP contribution in [0.3, 0.4) is 0 Å². The van der Waals surface area contributed by atoms with E-state index in [1.807, 2.05) is 6.92 Å². The van der Waals surface area contributed by atoms with Crippen LogP contribution >= 0.6 is 0 Å². The monoisotopic (exact) mass is 166 g/mol. The molecule has 1 fully saturated rings. The number of rotatable bonds is 0. The summed E-state index contributed by atoms with van der Waals surface area (Å²) in [5.74, 6) is 0.135. The fourth-order valence-electron chi connectivity index (χ4n) is 2.30. The lowest BCUT2D eigenvalue weighted by Crippen LogP contribution is -2.44. The van der Waals surface area contributed by atoms with E-state index in [0.717, 1.165) is 18.4 Å². The van der Waals surface area contributed by atoms with Gasteiger partial charge < -0.3 is 5.11 Å². The quantitative estimate of drug-likeness (QED) is 0.591. The van der Waals surface area contributed by atoms with Gasteiger partial charge in [0.2, 0.25) is 0 Å². The summed E-state index contributed by atoms with van der Waals surface area (Å²) in [4.78, 5) is 11.6. The molecule has 0 amide bonds. The predicted molar refractivity (Wildman–Crippen MR) is 45.7 cm³/mol. The van der Waals surface area contributed by atoms with Gasteiger partial charge in [-0.15, -0.1) is 0 Å². The lowest BCUT2D eigenvalue weighted by molar-refractivity contribution is -0.130. The number of aliphatic hydroxyl groups is 1. The molecule has 2 rings (SSSR count). The molecule has 1 atom stereocenters. The number of allylic oxidation sites excluding steroid dienone is 1. The highest BCUT2D eigenvalue weighted by atomic mass is 16.3. The van der Waals surface area contributed by atoms with Crippen molar-refractivity contribution in [2.75, 3.05) is 0 Å². The molecule has 0 aromatic rings. The van der Waals surface area contributed by atoms with Gasteiger partial charge in [-0.1, -0.05) is 5.57 Å².